The van der Waals surface area contributed by atoms with E-state index in [-0.39, 0.29) is 22.4 Å². The largest absolute Gasteiger partial charge is 0.449 e. The maximum absolute atomic E-state index is 12.7. The molecule has 3 rings (SSSR count). The molecular weight excluding hydrogens is 404 g/mol. The second-order valence-electron chi connectivity index (χ2n) is 8.41. The number of ether oxygens (including phenoxy) is 1. The normalized spacial score (nSPS) is 24.1. The number of benzene rings is 1. The van der Waals surface area contributed by atoms with Gasteiger partial charge in [-0.1, -0.05) is 26.2 Å². The summed E-state index contributed by atoms with van der Waals surface area (Å²) < 4.78 is 32.2. The average molecular weight is 437 g/mol. The minimum absolute atomic E-state index is 0.117. The predicted octanol–water partition coefficient (Wildman–Crippen LogP) is 3.10. The van der Waals surface area contributed by atoms with Gasteiger partial charge in [0.2, 0.25) is 10.0 Å². The van der Waals surface area contributed by atoms with Crippen molar-refractivity contribution >= 4 is 21.9 Å². The third kappa shape index (κ3) is 5.40. The SMILES string of the molecule is C[C@H](OC(=O)c1ccc(S(=O)(=O)N2CCCCC2)cc1)C(=O)N[C@@H]1CCCC[C@@H]1C. The van der Waals surface area contributed by atoms with Gasteiger partial charge in [0.1, 0.15) is 0 Å². The Morgan fingerprint density at radius 3 is 2.30 bits per heavy atom. The first kappa shape index (κ1) is 22.7. The van der Waals surface area contributed by atoms with E-state index in [4.69, 9.17) is 4.74 Å². The van der Waals surface area contributed by atoms with Crippen LogP contribution in [0.1, 0.15) is 69.2 Å². The number of hydrogen-bond donors (Lipinski definition) is 1. The van der Waals surface area contributed by atoms with Gasteiger partial charge in [-0.2, -0.15) is 4.31 Å². The predicted molar refractivity (Wildman–Crippen MR) is 113 cm³/mol. The maximum atomic E-state index is 12.7. The molecule has 0 radical (unpaired) electrons. The topological polar surface area (TPSA) is 92.8 Å². The highest BCUT2D eigenvalue weighted by atomic mass is 32.2. The number of hydrogen-bond acceptors (Lipinski definition) is 5. The highest BCUT2D eigenvalue weighted by molar-refractivity contribution is 7.89. The highest BCUT2D eigenvalue weighted by Gasteiger charge is 2.28. The van der Waals surface area contributed by atoms with Crippen molar-refractivity contribution in [3.63, 3.8) is 0 Å². The van der Waals surface area contributed by atoms with Crippen LogP contribution in [0, 0.1) is 5.92 Å². The van der Waals surface area contributed by atoms with E-state index in [1.807, 2.05) is 0 Å². The van der Waals surface area contributed by atoms with E-state index in [2.05, 4.69) is 12.2 Å². The van der Waals surface area contributed by atoms with Crippen molar-refractivity contribution in [3.8, 4) is 0 Å². The molecule has 7 nitrogen and oxygen atoms in total. The molecule has 1 aliphatic heterocycles. The zero-order chi connectivity index (χ0) is 21.7. The lowest BCUT2D eigenvalue weighted by atomic mass is 9.86. The van der Waals surface area contributed by atoms with E-state index >= 15 is 0 Å². The lowest BCUT2D eigenvalue weighted by Gasteiger charge is -2.30. The summed E-state index contributed by atoms with van der Waals surface area (Å²) in [6, 6.07) is 5.84. The van der Waals surface area contributed by atoms with Gasteiger partial charge in [0.15, 0.2) is 6.10 Å². The van der Waals surface area contributed by atoms with E-state index < -0.39 is 22.1 Å². The first-order valence-electron chi connectivity index (χ1n) is 10.9. The fraction of sp³-hybridized carbons (Fsp3) is 0.636. The summed E-state index contributed by atoms with van der Waals surface area (Å²) in [6.07, 6.45) is 6.17. The van der Waals surface area contributed by atoms with Crippen molar-refractivity contribution in [2.75, 3.05) is 13.1 Å². The number of sulfonamides is 1. The van der Waals surface area contributed by atoms with Crippen LogP contribution in [0.25, 0.3) is 0 Å². The summed E-state index contributed by atoms with van der Waals surface area (Å²) >= 11 is 0. The molecule has 166 valence electrons. The molecule has 0 unspecified atom stereocenters. The van der Waals surface area contributed by atoms with E-state index in [1.54, 1.807) is 6.92 Å². The summed E-state index contributed by atoms with van der Waals surface area (Å²) in [5.41, 5.74) is 0.221. The van der Waals surface area contributed by atoms with Crippen molar-refractivity contribution in [3.05, 3.63) is 29.8 Å². The van der Waals surface area contributed by atoms with Crippen molar-refractivity contribution in [2.24, 2.45) is 5.92 Å². The molecule has 1 N–H and O–H groups in total. The lowest BCUT2D eigenvalue weighted by molar-refractivity contribution is -0.130. The Balaban J connectivity index is 1.58. The molecule has 0 spiro atoms. The average Bonchev–Trinajstić information content (AvgIpc) is 2.76. The van der Waals surface area contributed by atoms with Crippen LogP contribution in [-0.4, -0.2) is 49.8 Å². The molecule has 8 heteroatoms. The first-order chi connectivity index (χ1) is 14.3. The van der Waals surface area contributed by atoms with Crippen molar-refractivity contribution in [1.29, 1.82) is 0 Å². The van der Waals surface area contributed by atoms with Gasteiger partial charge in [0.25, 0.3) is 5.91 Å². The minimum Gasteiger partial charge on any atom is -0.449 e. The first-order valence-corrected chi connectivity index (χ1v) is 12.3. The van der Waals surface area contributed by atoms with E-state index in [9.17, 15) is 18.0 Å². The second-order valence-corrected chi connectivity index (χ2v) is 10.4. The van der Waals surface area contributed by atoms with Crippen LogP contribution in [0.2, 0.25) is 0 Å². The molecule has 1 aromatic carbocycles. The number of carbonyl (C=O) groups excluding carboxylic acids is 2. The zero-order valence-corrected chi connectivity index (χ0v) is 18.6. The van der Waals surface area contributed by atoms with Crippen LogP contribution >= 0.6 is 0 Å². The molecule has 1 saturated carbocycles. The Kier molecular flexibility index (Phi) is 7.52. The third-order valence-electron chi connectivity index (χ3n) is 6.14. The van der Waals surface area contributed by atoms with Gasteiger partial charge in [0.05, 0.1) is 10.5 Å². The summed E-state index contributed by atoms with van der Waals surface area (Å²) in [5.74, 6) is -0.525. The number of amides is 1. The zero-order valence-electron chi connectivity index (χ0n) is 17.8. The van der Waals surface area contributed by atoms with E-state index in [1.165, 1.54) is 35.0 Å². The molecule has 2 aliphatic rings. The fourth-order valence-corrected chi connectivity index (χ4v) is 5.65. The van der Waals surface area contributed by atoms with Gasteiger partial charge in [0, 0.05) is 19.1 Å². The molecule has 1 amide bonds. The molecule has 0 aromatic heterocycles. The second kappa shape index (κ2) is 9.92. The highest BCUT2D eigenvalue weighted by Crippen LogP contribution is 2.24. The van der Waals surface area contributed by atoms with Crippen LogP contribution in [-0.2, 0) is 19.6 Å². The van der Waals surface area contributed by atoms with Crippen LogP contribution in [0.15, 0.2) is 29.2 Å². The Morgan fingerprint density at radius 2 is 1.67 bits per heavy atom. The van der Waals surface area contributed by atoms with Crippen LogP contribution in [0.4, 0.5) is 0 Å². The number of nitrogens with one attached hydrogen (secondary N) is 1. The van der Waals surface area contributed by atoms with Gasteiger partial charge in [-0.3, -0.25) is 4.79 Å². The number of nitrogens with zero attached hydrogens (tertiary/aromatic N) is 1. The van der Waals surface area contributed by atoms with Gasteiger partial charge < -0.3 is 10.1 Å². The Labute approximate surface area is 179 Å². The minimum atomic E-state index is -3.55. The van der Waals surface area contributed by atoms with Gasteiger partial charge in [-0.25, -0.2) is 13.2 Å². The molecule has 1 heterocycles. The standard InChI is InChI=1S/C22H32N2O5S/c1-16-8-4-5-9-20(16)23-21(25)17(2)29-22(26)18-10-12-19(13-11-18)30(27,28)24-14-6-3-7-15-24/h10-13,16-17,20H,3-9,14-15H2,1-2H3,(H,23,25)/t16-,17-,20+/m0/s1. The summed E-state index contributed by atoms with van der Waals surface area (Å²) in [4.78, 5) is 25.0. The molecule has 3 atom stereocenters. The van der Waals surface area contributed by atoms with Crippen molar-refractivity contribution in [2.45, 2.75) is 75.8 Å². The van der Waals surface area contributed by atoms with Crippen molar-refractivity contribution < 1.29 is 22.7 Å². The summed E-state index contributed by atoms with van der Waals surface area (Å²) in [7, 11) is -3.55. The van der Waals surface area contributed by atoms with E-state index in [0.29, 0.717) is 19.0 Å². The maximum Gasteiger partial charge on any atom is 0.338 e. The Morgan fingerprint density at radius 1 is 1.03 bits per heavy atom. The summed E-state index contributed by atoms with van der Waals surface area (Å²) in [5, 5.41) is 2.99. The van der Waals surface area contributed by atoms with E-state index in [0.717, 1.165) is 38.5 Å². The van der Waals surface area contributed by atoms with Crippen molar-refractivity contribution in [1.82, 2.24) is 9.62 Å². The molecule has 1 aliphatic carbocycles. The van der Waals surface area contributed by atoms with Crippen LogP contribution in [0.5, 0.6) is 0 Å². The molecular formula is C22H32N2O5S. The molecule has 2 fully saturated rings. The lowest BCUT2D eigenvalue weighted by Crippen LogP contribution is -2.45. The fourth-order valence-electron chi connectivity index (χ4n) is 4.13. The van der Waals surface area contributed by atoms with Gasteiger partial charge >= 0.3 is 5.97 Å². The number of rotatable bonds is 6. The van der Waals surface area contributed by atoms with Gasteiger partial charge in [-0.05, 0) is 62.8 Å². The number of carbonyl (C=O) groups is 2. The van der Waals surface area contributed by atoms with Crippen LogP contribution in [0.3, 0.4) is 0 Å². The number of esters is 1. The summed E-state index contributed by atoms with van der Waals surface area (Å²) in [6.45, 7) is 4.73. The molecule has 1 aromatic rings. The van der Waals surface area contributed by atoms with Gasteiger partial charge in [-0.15, -0.1) is 0 Å². The monoisotopic (exact) mass is 436 g/mol. The smallest absolute Gasteiger partial charge is 0.338 e. The third-order valence-corrected chi connectivity index (χ3v) is 8.05. The Hall–Kier alpha value is -1.93. The number of piperidine rings is 1. The van der Waals surface area contributed by atoms with Crippen LogP contribution < -0.4 is 5.32 Å². The molecule has 1 saturated heterocycles. The quantitative estimate of drug-likeness (QED) is 0.692. The molecule has 30 heavy (non-hydrogen) atoms. The Bertz CT molecular complexity index is 847. The molecule has 0 bridgehead atoms.